The Balaban J connectivity index is 0.00000119. The van der Waals surface area contributed by atoms with Gasteiger partial charge in [0, 0.05) is 57.0 Å². The maximum absolute atomic E-state index is 15.1. The van der Waals surface area contributed by atoms with Crippen LogP contribution in [0.1, 0.15) is 82.1 Å². The molecule has 10 heteroatoms. The van der Waals surface area contributed by atoms with Gasteiger partial charge >= 0.3 is 0 Å². The SMILES string of the molecule is CC(C)C=O.CCCC(=O)CCC(C(C)=O)N(C=O)C(=O)c1cc(N2CCN(CC3CCN(C)CC3)CC2)c(F)cc1C. The number of halogens is 1. The smallest absolute Gasteiger partial charge is 0.261 e. The highest BCUT2D eigenvalue weighted by Gasteiger charge is 2.31. The van der Waals surface area contributed by atoms with Gasteiger partial charge in [0.25, 0.3) is 5.91 Å². The van der Waals surface area contributed by atoms with Crippen LogP contribution in [-0.4, -0.2) is 104 Å². The molecule has 0 aliphatic carbocycles. The first kappa shape index (κ1) is 36.2. The Morgan fingerprint density at radius 3 is 2.14 bits per heavy atom. The van der Waals surface area contributed by atoms with E-state index in [1.807, 2.05) is 25.7 Å². The largest absolute Gasteiger partial charge is 0.367 e. The van der Waals surface area contributed by atoms with Crippen molar-refractivity contribution in [2.24, 2.45) is 11.8 Å². The first-order chi connectivity index (χ1) is 20.4. The molecule has 0 radical (unpaired) electrons. The monoisotopic (exact) mass is 602 g/mol. The number of aryl methyl sites for hydroxylation is 1. The Bertz CT molecular complexity index is 1100. The van der Waals surface area contributed by atoms with E-state index in [1.54, 1.807) is 6.92 Å². The van der Waals surface area contributed by atoms with Crippen molar-refractivity contribution < 1.29 is 28.4 Å². The van der Waals surface area contributed by atoms with Gasteiger partial charge < -0.3 is 14.6 Å². The topological polar surface area (TPSA) is 98.3 Å². The molecule has 240 valence electrons. The highest BCUT2D eigenvalue weighted by atomic mass is 19.1. The maximum Gasteiger partial charge on any atom is 0.261 e. The fourth-order valence-electron chi connectivity index (χ4n) is 5.56. The Kier molecular flexibility index (Phi) is 15.1. The van der Waals surface area contributed by atoms with E-state index < -0.39 is 17.8 Å². The molecule has 9 nitrogen and oxygen atoms in total. The Hall–Kier alpha value is -2.98. The summed E-state index contributed by atoms with van der Waals surface area (Å²) in [6, 6.07) is 1.80. The number of benzene rings is 1. The molecular formula is C33H51FN4O5. The summed E-state index contributed by atoms with van der Waals surface area (Å²) >= 11 is 0. The minimum Gasteiger partial charge on any atom is -0.367 e. The number of nitrogens with zero attached hydrogens (tertiary/aromatic N) is 4. The van der Waals surface area contributed by atoms with Crippen molar-refractivity contribution in [1.82, 2.24) is 14.7 Å². The van der Waals surface area contributed by atoms with E-state index in [1.165, 1.54) is 31.9 Å². The minimum atomic E-state index is -1.03. The number of hydrogen-bond donors (Lipinski definition) is 0. The molecular weight excluding hydrogens is 551 g/mol. The molecule has 1 aromatic carbocycles. The van der Waals surface area contributed by atoms with E-state index in [2.05, 4.69) is 16.8 Å². The molecule has 0 spiro atoms. The second-order valence-corrected chi connectivity index (χ2v) is 12.3. The molecule has 1 unspecified atom stereocenters. The van der Waals surface area contributed by atoms with E-state index in [0.29, 0.717) is 49.5 Å². The summed E-state index contributed by atoms with van der Waals surface area (Å²) in [6.07, 6.45) is 4.97. The lowest BCUT2D eigenvalue weighted by molar-refractivity contribution is -0.129. The summed E-state index contributed by atoms with van der Waals surface area (Å²) in [5.41, 5.74) is 0.919. The van der Waals surface area contributed by atoms with Crippen LogP contribution in [0.5, 0.6) is 0 Å². The number of carbonyl (C=O) groups excluding carboxylic acids is 5. The van der Waals surface area contributed by atoms with Gasteiger partial charge in [0.2, 0.25) is 6.41 Å². The van der Waals surface area contributed by atoms with Crippen molar-refractivity contribution in [3.05, 3.63) is 29.1 Å². The standard InChI is InChI=1S/C29H43FN4O4.C4H8O/c1-5-6-24(37)7-8-27(22(3)36)34(20-35)29(38)25-18-28(26(30)17-21(25)2)33-15-13-32(14-16-33)19-23-9-11-31(4)12-10-23;1-4(2)3-5/h17-18,20,23,27H,5-16,19H2,1-4H3;3-4H,1-2H3. The number of piperidine rings is 1. The summed E-state index contributed by atoms with van der Waals surface area (Å²) in [7, 11) is 2.16. The number of hydrogen-bond acceptors (Lipinski definition) is 8. The molecule has 2 amide bonds. The lowest BCUT2D eigenvalue weighted by Crippen LogP contribution is -2.49. The quantitative estimate of drug-likeness (QED) is 0.311. The molecule has 2 heterocycles. The van der Waals surface area contributed by atoms with Crippen molar-refractivity contribution in [2.75, 3.05) is 57.8 Å². The zero-order chi connectivity index (χ0) is 32.1. The lowest BCUT2D eigenvalue weighted by Gasteiger charge is -2.39. The highest BCUT2D eigenvalue weighted by Crippen LogP contribution is 2.27. The van der Waals surface area contributed by atoms with Crippen molar-refractivity contribution in [3.8, 4) is 0 Å². The number of piperazine rings is 1. The van der Waals surface area contributed by atoms with E-state index in [0.717, 1.165) is 43.9 Å². The van der Waals surface area contributed by atoms with Crippen molar-refractivity contribution >= 4 is 35.9 Å². The molecule has 0 aromatic heterocycles. The Morgan fingerprint density at radius 2 is 1.63 bits per heavy atom. The zero-order valence-corrected chi connectivity index (χ0v) is 26.9. The normalized spacial score (nSPS) is 17.2. The molecule has 3 rings (SSSR count). The Morgan fingerprint density at radius 1 is 1.02 bits per heavy atom. The Labute approximate surface area is 256 Å². The van der Waals surface area contributed by atoms with E-state index in [4.69, 9.17) is 0 Å². The van der Waals surface area contributed by atoms with Crippen LogP contribution in [0.2, 0.25) is 0 Å². The number of carbonyl (C=O) groups is 5. The average molecular weight is 603 g/mol. The number of anilines is 1. The first-order valence-corrected chi connectivity index (χ1v) is 15.6. The van der Waals surface area contributed by atoms with Crippen molar-refractivity contribution in [2.45, 2.75) is 79.2 Å². The second-order valence-electron chi connectivity index (χ2n) is 12.3. The van der Waals surface area contributed by atoms with E-state index >= 15 is 4.39 Å². The first-order valence-electron chi connectivity index (χ1n) is 15.6. The van der Waals surface area contributed by atoms with Gasteiger partial charge in [-0.15, -0.1) is 0 Å². The van der Waals surface area contributed by atoms with Crippen molar-refractivity contribution in [3.63, 3.8) is 0 Å². The van der Waals surface area contributed by atoms with Crippen LogP contribution in [-0.2, 0) is 19.2 Å². The van der Waals surface area contributed by atoms with Crippen LogP contribution < -0.4 is 4.90 Å². The number of aldehydes is 1. The fourth-order valence-corrected chi connectivity index (χ4v) is 5.56. The number of likely N-dealkylation sites (tertiary alicyclic amines) is 1. The van der Waals surface area contributed by atoms with Gasteiger partial charge in [0.1, 0.15) is 17.9 Å². The molecule has 0 saturated carbocycles. The molecule has 0 N–H and O–H groups in total. The van der Waals surface area contributed by atoms with Crippen LogP contribution in [0.25, 0.3) is 0 Å². The summed E-state index contributed by atoms with van der Waals surface area (Å²) in [4.78, 5) is 67.0. The van der Waals surface area contributed by atoms with E-state index in [9.17, 15) is 24.0 Å². The summed E-state index contributed by atoms with van der Waals surface area (Å²) < 4.78 is 15.1. The van der Waals surface area contributed by atoms with Crippen LogP contribution >= 0.6 is 0 Å². The molecule has 2 aliphatic rings. The van der Waals surface area contributed by atoms with Crippen LogP contribution in [0.3, 0.4) is 0 Å². The van der Waals surface area contributed by atoms with Crippen LogP contribution in [0, 0.1) is 24.6 Å². The average Bonchev–Trinajstić information content (AvgIpc) is 2.97. The molecule has 43 heavy (non-hydrogen) atoms. The van der Waals surface area contributed by atoms with Gasteiger partial charge in [0.05, 0.1) is 11.7 Å². The van der Waals surface area contributed by atoms with Gasteiger partial charge in [-0.25, -0.2) is 4.39 Å². The van der Waals surface area contributed by atoms with Gasteiger partial charge in [-0.1, -0.05) is 20.8 Å². The van der Waals surface area contributed by atoms with Gasteiger partial charge in [-0.3, -0.25) is 29.0 Å². The van der Waals surface area contributed by atoms with Gasteiger partial charge in [-0.2, -0.15) is 0 Å². The van der Waals surface area contributed by atoms with Gasteiger partial charge in [0.15, 0.2) is 5.78 Å². The molecule has 1 aromatic rings. The molecule has 1 atom stereocenters. The van der Waals surface area contributed by atoms with Crippen molar-refractivity contribution in [1.29, 1.82) is 0 Å². The third-order valence-corrected chi connectivity index (χ3v) is 8.24. The number of Topliss-reactive ketones (excluding diaryl/α,β-unsaturated/α-hetero) is 2. The highest BCUT2D eigenvalue weighted by molar-refractivity contribution is 6.04. The predicted octanol–water partition coefficient (Wildman–Crippen LogP) is 4.14. The third kappa shape index (κ3) is 11.2. The van der Waals surface area contributed by atoms with Crippen LogP contribution in [0.4, 0.5) is 10.1 Å². The third-order valence-electron chi connectivity index (χ3n) is 8.24. The molecule has 0 bridgehead atoms. The van der Waals surface area contributed by atoms with Gasteiger partial charge in [-0.05, 0) is 83.3 Å². The summed E-state index contributed by atoms with van der Waals surface area (Å²) in [6.45, 7) is 14.8. The zero-order valence-electron chi connectivity index (χ0n) is 26.9. The predicted molar refractivity (Wildman–Crippen MR) is 167 cm³/mol. The number of amides is 2. The summed E-state index contributed by atoms with van der Waals surface area (Å²) in [5, 5.41) is 0. The number of ketones is 2. The second kappa shape index (κ2) is 18.0. The molecule has 2 saturated heterocycles. The van der Waals surface area contributed by atoms with E-state index in [-0.39, 0.29) is 35.9 Å². The molecule has 2 fully saturated rings. The minimum absolute atomic E-state index is 0.00716. The fraction of sp³-hybridized carbons (Fsp3) is 0.667. The van der Waals surface area contributed by atoms with Crippen LogP contribution in [0.15, 0.2) is 12.1 Å². The molecule has 2 aliphatic heterocycles. The summed E-state index contributed by atoms with van der Waals surface area (Å²) in [5.74, 6) is -0.534. The number of imide groups is 1. The lowest BCUT2D eigenvalue weighted by atomic mass is 9.96. The maximum atomic E-state index is 15.1. The number of rotatable bonds is 13.